The molecule has 1 aliphatic rings. The summed E-state index contributed by atoms with van der Waals surface area (Å²) in [7, 11) is 0. The second-order valence-corrected chi connectivity index (χ2v) is 6.79. The van der Waals surface area contributed by atoms with E-state index in [1.807, 2.05) is 37.3 Å². The lowest BCUT2D eigenvalue weighted by atomic mass is 10.0. The summed E-state index contributed by atoms with van der Waals surface area (Å²) in [6, 6.07) is 18.5. The Morgan fingerprint density at radius 2 is 1.68 bits per heavy atom. The van der Waals surface area contributed by atoms with Crippen LogP contribution in [-0.2, 0) is 9.57 Å². The second-order valence-electron chi connectivity index (χ2n) is 6.79. The molecule has 0 unspecified atom stereocenters. The van der Waals surface area contributed by atoms with Crippen molar-refractivity contribution in [2.45, 2.75) is 25.9 Å². The fourth-order valence-electron chi connectivity index (χ4n) is 3.20. The van der Waals surface area contributed by atoms with Gasteiger partial charge in [-0.2, -0.15) is 0 Å². The maximum atomic E-state index is 10.9. The second kappa shape index (κ2) is 9.90. The molecule has 2 aromatic carbocycles. The highest BCUT2D eigenvalue weighted by molar-refractivity contribution is 5.98. The molecule has 1 fully saturated rings. The average molecular weight is 382 g/mol. The minimum absolute atomic E-state index is 0.0924. The highest BCUT2D eigenvalue weighted by Crippen LogP contribution is 2.19. The zero-order valence-electron chi connectivity index (χ0n) is 16.1. The van der Waals surface area contributed by atoms with E-state index in [1.54, 1.807) is 0 Å². The lowest BCUT2D eigenvalue weighted by Crippen LogP contribution is -2.40. The molecule has 0 saturated carbocycles. The zero-order chi connectivity index (χ0) is 19.8. The van der Waals surface area contributed by atoms with Gasteiger partial charge in [-0.1, -0.05) is 59.8 Å². The highest BCUT2D eigenvalue weighted by Gasteiger charge is 2.22. The van der Waals surface area contributed by atoms with Crippen LogP contribution in [0, 0.1) is 0 Å². The van der Waals surface area contributed by atoms with Crippen LogP contribution in [0.5, 0.6) is 0 Å². The quantitative estimate of drug-likeness (QED) is 0.441. The van der Waals surface area contributed by atoms with Crippen molar-refractivity contribution < 1.29 is 19.5 Å². The van der Waals surface area contributed by atoms with E-state index in [9.17, 15) is 4.79 Å². The van der Waals surface area contributed by atoms with E-state index >= 15 is 0 Å². The third-order valence-electron chi connectivity index (χ3n) is 4.85. The van der Waals surface area contributed by atoms with Crippen molar-refractivity contribution in [2.75, 3.05) is 26.3 Å². The predicted molar refractivity (Wildman–Crippen MR) is 109 cm³/mol. The van der Waals surface area contributed by atoms with E-state index in [-0.39, 0.29) is 6.10 Å². The monoisotopic (exact) mass is 382 g/mol. The topological polar surface area (TPSA) is 71.4 Å². The number of carboxylic acid groups (broad SMARTS) is 1. The summed E-state index contributed by atoms with van der Waals surface area (Å²) in [5.41, 5.74) is 4.18. The zero-order valence-corrected chi connectivity index (χ0v) is 16.1. The number of oxime groups is 1. The Balaban J connectivity index is 1.39. The molecular weight excluding hydrogens is 356 g/mol. The van der Waals surface area contributed by atoms with E-state index < -0.39 is 6.09 Å². The van der Waals surface area contributed by atoms with Gasteiger partial charge in [0.05, 0.1) is 18.4 Å². The summed E-state index contributed by atoms with van der Waals surface area (Å²) in [5.74, 6) is 0. The molecule has 0 atom stereocenters. The molecule has 28 heavy (non-hydrogen) atoms. The number of ether oxygens (including phenoxy) is 1. The van der Waals surface area contributed by atoms with Crippen molar-refractivity contribution in [3.8, 4) is 11.1 Å². The van der Waals surface area contributed by atoms with Crippen LogP contribution in [-0.4, -0.2) is 54.2 Å². The molecule has 6 heteroatoms. The van der Waals surface area contributed by atoms with Crippen LogP contribution in [0.4, 0.5) is 4.79 Å². The number of piperidine rings is 1. The van der Waals surface area contributed by atoms with Crippen LogP contribution in [0.3, 0.4) is 0 Å². The first-order valence-corrected chi connectivity index (χ1v) is 9.55. The van der Waals surface area contributed by atoms with Gasteiger partial charge < -0.3 is 19.6 Å². The number of hydrogen-bond donors (Lipinski definition) is 1. The van der Waals surface area contributed by atoms with Gasteiger partial charge in [-0.25, -0.2) is 4.79 Å². The summed E-state index contributed by atoms with van der Waals surface area (Å²) in [6.45, 7) is 3.79. The van der Waals surface area contributed by atoms with Gasteiger partial charge in [0, 0.05) is 13.1 Å². The summed E-state index contributed by atoms with van der Waals surface area (Å²) in [4.78, 5) is 17.7. The van der Waals surface area contributed by atoms with Gasteiger partial charge in [-0.05, 0) is 36.5 Å². The first-order chi connectivity index (χ1) is 13.6. The number of carbonyl (C=O) groups is 1. The smallest absolute Gasteiger partial charge is 0.407 e. The lowest BCUT2D eigenvalue weighted by Gasteiger charge is -2.29. The largest absolute Gasteiger partial charge is 0.465 e. The Morgan fingerprint density at radius 1 is 1.04 bits per heavy atom. The summed E-state index contributed by atoms with van der Waals surface area (Å²) in [5, 5.41) is 13.1. The molecular formula is C22H26N2O4. The van der Waals surface area contributed by atoms with Crippen molar-refractivity contribution in [2.24, 2.45) is 5.16 Å². The van der Waals surface area contributed by atoms with E-state index in [1.165, 1.54) is 16.0 Å². The van der Waals surface area contributed by atoms with E-state index in [2.05, 4.69) is 29.4 Å². The van der Waals surface area contributed by atoms with E-state index in [0.717, 1.165) is 24.1 Å². The maximum absolute atomic E-state index is 10.9. The van der Waals surface area contributed by atoms with Crippen LogP contribution < -0.4 is 0 Å². The summed E-state index contributed by atoms with van der Waals surface area (Å²) < 4.78 is 5.75. The van der Waals surface area contributed by atoms with Crippen molar-refractivity contribution in [1.29, 1.82) is 0 Å². The van der Waals surface area contributed by atoms with Gasteiger partial charge in [-0.15, -0.1) is 0 Å². The van der Waals surface area contributed by atoms with Crippen molar-refractivity contribution in [3.63, 3.8) is 0 Å². The molecule has 0 bridgehead atoms. The SMILES string of the molecule is CC(=NOCCOC1CCN(C(=O)O)CC1)c1ccc(-c2ccccc2)cc1. The Labute approximate surface area is 165 Å². The Kier molecular flexibility index (Phi) is 7.03. The molecule has 1 amide bonds. The maximum Gasteiger partial charge on any atom is 0.407 e. The molecule has 0 aromatic heterocycles. The summed E-state index contributed by atoms with van der Waals surface area (Å²) in [6.07, 6.45) is 0.684. The molecule has 148 valence electrons. The van der Waals surface area contributed by atoms with E-state index in [4.69, 9.17) is 14.7 Å². The highest BCUT2D eigenvalue weighted by atomic mass is 16.6. The third kappa shape index (κ3) is 5.57. The Bertz CT molecular complexity index is 782. The van der Waals surface area contributed by atoms with Crippen LogP contribution in [0.2, 0.25) is 0 Å². The van der Waals surface area contributed by atoms with Gasteiger partial charge in [0.2, 0.25) is 0 Å². The number of nitrogens with zero attached hydrogens (tertiary/aromatic N) is 2. The minimum Gasteiger partial charge on any atom is -0.465 e. The molecule has 6 nitrogen and oxygen atoms in total. The predicted octanol–water partition coefficient (Wildman–Crippen LogP) is 4.25. The number of amides is 1. The molecule has 1 aliphatic heterocycles. The van der Waals surface area contributed by atoms with Crippen LogP contribution in [0.1, 0.15) is 25.3 Å². The molecule has 0 aliphatic carbocycles. The van der Waals surface area contributed by atoms with Crippen molar-refractivity contribution in [3.05, 3.63) is 60.2 Å². The normalized spacial score (nSPS) is 15.5. The Hall–Kier alpha value is -2.86. The molecule has 1 N–H and O–H groups in total. The van der Waals surface area contributed by atoms with E-state index in [0.29, 0.717) is 26.3 Å². The first-order valence-electron chi connectivity index (χ1n) is 9.55. The molecule has 3 rings (SSSR count). The molecule has 0 spiro atoms. The lowest BCUT2D eigenvalue weighted by molar-refractivity contribution is -0.0192. The third-order valence-corrected chi connectivity index (χ3v) is 4.85. The van der Waals surface area contributed by atoms with Gasteiger partial charge >= 0.3 is 6.09 Å². The van der Waals surface area contributed by atoms with Crippen molar-refractivity contribution >= 4 is 11.8 Å². The first kappa shape index (κ1) is 19.9. The van der Waals surface area contributed by atoms with Gasteiger partial charge in [0.25, 0.3) is 0 Å². The van der Waals surface area contributed by atoms with Crippen LogP contribution >= 0.6 is 0 Å². The standard InChI is InChI=1S/C22H26N2O4/c1-17(18-7-9-20(10-8-18)19-5-3-2-4-6-19)23-28-16-15-27-21-11-13-24(14-12-21)22(25)26/h2-10,21H,11-16H2,1H3,(H,25,26). The number of likely N-dealkylation sites (tertiary alicyclic amines) is 1. The number of benzene rings is 2. The van der Waals surface area contributed by atoms with Crippen molar-refractivity contribution in [1.82, 2.24) is 4.90 Å². The van der Waals surface area contributed by atoms with Crippen LogP contribution in [0.25, 0.3) is 11.1 Å². The molecule has 1 saturated heterocycles. The molecule has 2 aromatic rings. The van der Waals surface area contributed by atoms with Gasteiger partial charge in [-0.3, -0.25) is 0 Å². The summed E-state index contributed by atoms with van der Waals surface area (Å²) >= 11 is 0. The number of hydrogen-bond acceptors (Lipinski definition) is 4. The van der Waals surface area contributed by atoms with Crippen LogP contribution in [0.15, 0.2) is 59.8 Å². The molecule has 0 radical (unpaired) electrons. The van der Waals surface area contributed by atoms with Gasteiger partial charge in [0.1, 0.15) is 6.61 Å². The average Bonchev–Trinajstić information content (AvgIpc) is 2.74. The fourth-order valence-corrected chi connectivity index (χ4v) is 3.20. The minimum atomic E-state index is -0.858. The Morgan fingerprint density at radius 3 is 2.32 bits per heavy atom. The molecule has 1 heterocycles. The van der Waals surface area contributed by atoms with Gasteiger partial charge in [0.15, 0.2) is 0 Å². The fraction of sp³-hybridized carbons (Fsp3) is 0.364. The number of rotatable bonds is 7.